The molecule has 0 bridgehead atoms. The average molecular weight is 488 g/mol. The highest BCUT2D eigenvalue weighted by atomic mass is 15.2. The van der Waals surface area contributed by atoms with Crippen LogP contribution < -0.4 is 5.32 Å². The van der Waals surface area contributed by atoms with Crippen LogP contribution in [-0.4, -0.2) is 43.5 Å². The van der Waals surface area contributed by atoms with E-state index in [0.29, 0.717) is 16.9 Å². The van der Waals surface area contributed by atoms with Gasteiger partial charge in [-0.25, -0.2) is 0 Å². The zero-order valence-electron chi connectivity index (χ0n) is 25.0. The molecule has 0 aromatic carbocycles. The molecule has 0 aromatic rings. The van der Waals surface area contributed by atoms with Crippen molar-refractivity contribution in [2.45, 2.75) is 132 Å². The van der Waals surface area contributed by atoms with E-state index in [1.54, 1.807) is 0 Å². The Labute approximate surface area is 219 Å². The Kier molecular flexibility index (Phi) is 10.7. The van der Waals surface area contributed by atoms with Gasteiger partial charge >= 0.3 is 0 Å². The van der Waals surface area contributed by atoms with E-state index in [1.807, 2.05) is 27.7 Å². The van der Waals surface area contributed by atoms with E-state index in [-0.39, 0.29) is 0 Å². The van der Waals surface area contributed by atoms with Gasteiger partial charge in [-0.2, -0.15) is 0 Å². The molecular formula is C32H61N3. The van der Waals surface area contributed by atoms with Gasteiger partial charge in [0.1, 0.15) is 0 Å². The lowest BCUT2D eigenvalue weighted by molar-refractivity contribution is -0.106. The number of fused-ring (bicyclic) bond motifs is 5. The second-order valence-electron chi connectivity index (χ2n) is 12.8. The van der Waals surface area contributed by atoms with E-state index >= 15 is 0 Å². The zero-order valence-corrected chi connectivity index (χ0v) is 25.0. The van der Waals surface area contributed by atoms with Crippen LogP contribution in [0.4, 0.5) is 0 Å². The maximum atomic E-state index is 5.18. The van der Waals surface area contributed by atoms with Gasteiger partial charge in [0.25, 0.3) is 0 Å². The van der Waals surface area contributed by atoms with Crippen LogP contribution in [0.2, 0.25) is 0 Å². The second kappa shape index (κ2) is 12.9. The summed E-state index contributed by atoms with van der Waals surface area (Å²) in [7, 11) is 2.25. The number of nitrogens with zero attached hydrogens (tertiary/aromatic N) is 2. The minimum atomic E-state index is 0.512. The molecule has 0 radical (unpaired) electrons. The monoisotopic (exact) mass is 487 g/mol. The van der Waals surface area contributed by atoms with Gasteiger partial charge < -0.3 is 5.32 Å². The lowest BCUT2D eigenvalue weighted by atomic mass is 9.45. The minimum absolute atomic E-state index is 0.512. The molecule has 0 spiro atoms. The Morgan fingerprint density at radius 2 is 1.57 bits per heavy atom. The van der Waals surface area contributed by atoms with Crippen LogP contribution in [0.5, 0.6) is 0 Å². The largest absolute Gasteiger partial charge is 0.313 e. The molecule has 0 aromatic heterocycles. The Morgan fingerprint density at radius 1 is 0.829 bits per heavy atom. The maximum absolute atomic E-state index is 5.18. The average Bonchev–Trinajstić information content (AvgIpc) is 3.52. The highest BCUT2D eigenvalue weighted by molar-refractivity contribution is 5.85. The quantitative estimate of drug-likeness (QED) is 0.396. The first-order valence-corrected chi connectivity index (χ1v) is 15.8. The highest BCUT2D eigenvalue weighted by Gasteiger charge is 2.59. The van der Waals surface area contributed by atoms with Crippen molar-refractivity contribution in [2.75, 3.05) is 26.8 Å². The second-order valence-corrected chi connectivity index (χ2v) is 12.8. The fourth-order valence-corrected chi connectivity index (χ4v) is 9.67. The third-order valence-electron chi connectivity index (χ3n) is 11.3. The van der Waals surface area contributed by atoms with Crippen molar-refractivity contribution in [2.24, 2.45) is 45.4 Å². The smallest absolute Gasteiger partial charge is 0.0906 e. The Bertz CT molecular complexity index is 668. The molecule has 4 aliphatic carbocycles. The highest BCUT2D eigenvalue weighted by Crippen LogP contribution is 2.67. The summed E-state index contributed by atoms with van der Waals surface area (Å²) in [5, 5.41) is 3.63. The van der Waals surface area contributed by atoms with Gasteiger partial charge in [0.05, 0.1) is 6.67 Å². The summed E-state index contributed by atoms with van der Waals surface area (Å²) in [6, 6.07) is 0.681. The standard InChI is InChI=1S/C28H49N3.2C2H6/c1-20(30-19-31(4)18-22-9-7-17-29-22)24-12-13-25-23-11-10-21-8-5-6-15-27(21,2)26(23)14-16-28(24,25)3;2*1-2/h21-26,29H,5-19H2,1-4H3;2*1-2H3/b30-20+;;. The van der Waals surface area contributed by atoms with Gasteiger partial charge in [0.15, 0.2) is 0 Å². The molecule has 5 fully saturated rings. The van der Waals surface area contributed by atoms with Crippen LogP contribution >= 0.6 is 0 Å². The summed E-state index contributed by atoms with van der Waals surface area (Å²) in [6.07, 6.45) is 17.6. The molecule has 0 amide bonds. The molecule has 204 valence electrons. The van der Waals surface area contributed by atoms with Crippen molar-refractivity contribution in [3.8, 4) is 0 Å². The maximum Gasteiger partial charge on any atom is 0.0906 e. The topological polar surface area (TPSA) is 27.6 Å². The van der Waals surface area contributed by atoms with Crippen LogP contribution in [-0.2, 0) is 0 Å². The Morgan fingerprint density at radius 3 is 2.29 bits per heavy atom. The molecule has 1 heterocycles. The third-order valence-corrected chi connectivity index (χ3v) is 11.3. The summed E-state index contributed by atoms with van der Waals surface area (Å²) in [6.45, 7) is 19.0. The molecule has 35 heavy (non-hydrogen) atoms. The van der Waals surface area contributed by atoms with Crippen molar-refractivity contribution >= 4 is 5.71 Å². The Hall–Kier alpha value is -0.410. The third kappa shape index (κ3) is 5.87. The molecule has 8 unspecified atom stereocenters. The number of likely N-dealkylation sites (N-methyl/N-ethyl adjacent to an activating group) is 1. The first kappa shape index (κ1) is 29.2. The Balaban J connectivity index is 0.000000815. The molecule has 3 heteroatoms. The summed E-state index contributed by atoms with van der Waals surface area (Å²) >= 11 is 0. The normalized spacial score (nSPS) is 42.7. The van der Waals surface area contributed by atoms with E-state index in [9.17, 15) is 0 Å². The zero-order chi connectivity index (χ0) is 25.6. The molecule has 5 rings (SSSR count). The van der Waals surface area contributed by atoms with Crippen LogP contribution in [0.3, 0.4) is 0 Å². The van der Waals surface area contributed by atoms with Crippen LogP contribution in [0, 0.1) is 40.4 Å². The minimum Gasteiger partial charge on any atom is -0.313 e. The summed E-state index contributed by atoms with van der Waals surface area (Å²) < 4.78 is 0. The number of aliphatic imine (C=N–C) groups is 1. The van der Waals surface area contributed by atoms with Gasteiger partial charge in [-0.3, -0.25) is 9.89 Å². The van der Waals surface area contributed by atoms with Gasteiger partial charge in [-0.05, 0) is 119 Å². The molecule has 3 nitrogen and oxygen atoms in total. The van der Waals surface area contributed by atoms with Crippen LogP contribution in [0.15, 0.2) is 4.99 Å². The van der Waals surface area contributed by atoms with Crippen molar-refractivity contribution < 1.29 is 0 Å². The molecule has 5 aliphatic rings. The molecule has 1 saturated heterocycles. The van der Waals surface area contributed by atoms with Crippen molar-refractivity contribution in [3.63, 3.8) is 0 Å². The van der Waals surface area contributed by atoms with E-state index < -0.39 is 0 Å². The van der Waals surface area contributed by atoms with Crippen molar-refractivity contribution in [3.05, 3.63) is 0 Å². The summed E-state index contributed by atoms with van der Waals surface area (Å²) in [4.78, 5) is 7.62. The van der Waals surface area contributed by atoms with Gasteiger partial charge in [0.2, 0.25) is 0 Å². The van der Waals surface area contributed by atoms with E-state index in [0.717, 1.165) is 42.8 Å². The first-order chi connectivity index (χ1) is 16.9. The lowest BCUT2D eigenvalue weighted by Crippen LogP contribution is -2.53. The lowest BCUT2D eigenvalue weighted by Gasteiger charge is -2.60. The number of nitrogens with one attached hydrogen (secondary N) is 1. The molecule has 1 N–H and O–H groups in total. The molecule has 8 atom stereocenters. The van der Waals surface area contributed by atoms with Gasteiger partial charge in [0, 0.05) is 24.2 Å². The SMILES string of the molecule is C/C(=N\CN(C)CC1CCCN1)C1CCC2C3CCC4CCCCC4(C)C3CCC12C.CC.CC. The van der Waals surface area contributed by atoms with E-state index in [2.05, 4.69) is 38.0 Å². The van der Waals surface area contributed by atoms with Crippen molar-refractivity contribution in [1.82, 2.24) is 10.2 Å². The number of rotatable bonds is 5. The molecule has 1 aliphatic heterocycles. The predicted molar refractivity (Wildman–Crippen MR) is 154 cm³/mol. The molecular weight excluding hydrogens is 426 g/mol. The van der Waals surface area contributed by atoms with Crippen LogP contribution in [0.1, 0.15) is 126 Å². The fraction of sp³-hybridized carbons (Fsp3) is 0.969. The predicted octanol–water partition coefficient (Wildman–Crippen LogP) is 8.19. The number of hydrogen-bond donors (Lipinski definition) is 1. The van der Waals surface area contributed by atoms with Crippen molar-refractivity contribution in [1.29, 1.82) is 0 Å². The van der Waals surface area contributed by atoms with Crippen LogP contribution in [0.25, 0.3) is 0 Å². The van der Waals surface area contributed by atoms with E-state index in [4.69, 9.17) is 4.99 Å². The summed E-state index contributed by atoms with van der Waals surface area (Å²) in [5.74, 6) is 4.75. The summed E-state index contributed by atoms with van der Waals surface area (Å²) in [5.41, 5.74) is 2.64. The van der Waals surface area contributed by atoms with Gasteiger partial charge in [-0.1, -0.05) is 54.4 Å². The first-order valence-electron chi connectivity index (χ1n) is 15.8. The van der Waals surface area contributed by atoms with Gasteiger partial charge in [-0.15, -0.1) is 0 Å². The van der Waals surface area contributed by atoms with E-state index in [1.165, 1.54) is 89.3 Å². The molecule has 4 saturated carbocycles. The number of hydrogen-bond acceptors (Lipinski definition) is 3. The fourth-order valence-electron chi connectivity index (χ4n) is 9.67.